The van der Waals surface area contributed by atoms with Crippen LogP contribution >= 0.6 is 0 Å². The van der Waals surface area contributed by atoms with Crippen LogP contribution < -0.4 is 5.73 Å². The van der Waals surface area contributed by atoms with E-state index < -0.39 is 17.6 Å². The molecule has 0 spiro atoms. The van der Waals surface area contributed by atoms with E-state index in [1.165, 1.54) is 82.4 Å². The van der Waals surface area contributed by atoms with Gasteiger partial charge in [0.25, 0.3) is 0 Å². The number of pyridine rings is 1. The van der Waals surface area contributed by atoms with Crippen LogP contribution in [0.1, 0.15) is 11.1 Å². The monoisotopic (exact) mass is 455 g/mol. The van der Waals surface area contributed by atoms with Gasteiger partial charge in [-0.1, -0.05) is 6.07 Å². The number of rotatable bonds is 4. The lowest BCUT2D eigenvalue weighted by Crippen LogP contribution is -2.43. The molecule has 0 saturated heterocycles. The fourth-order valence-corrected chi connectivity index (χ4v) is 4.07. The number of halogens is 4. The number of hydrogen-bond donors (Lipinski definition) is 2. The number of hydrogen-bond acceptors (Lipinski definition) is 4. The Morgan fingerprint density at radius 2 is 1.79 bits per heavy atom. The van der Waals surface area contributed by atoms with Gasteiger partial charge in [0.15, 0.2) is 0 Å². The van der Waals surface area contributed by atoms with Gasteiger partial charge in [-0.05, 0) is 54.1 Å². The summed E-state index contributed by atoms with van der Waals surface area (Å²) < 4.78 is 59.5. The molecule has 5 aromatic rings. The predicted molar refractivity (Wildman–Crippen MR) is 114 cm³/mol. The lowest BCUT2D eigenvalue weighted by atomic mass is 9.85. The van der Waals surface area contributed by atoms with Gasteiger partial charge in [-0.25, -0.2) is 14.1 Å². The summed E-state index contributed by atoms with van der Waals surface area (Å²) in [5.74, 6) is -0.418. The molecule has 2 aromatic carbocycles. The quantitative estimate of drug-likeness (QED) is 0.398. The fraction of sp³-hybridized carbons (Fsp3) is 0.130. The molecule has 1 unspecified atom stereocenters. The largest absolute Gasteiger partial charge is 0.425 e. The van der Waals surface area contributed by atoms with Crippen molar-refractivity contribution in [1.29, 1.82) is 0 Å². The maximum Gasteiger partial charge on any atom is 0.425 e. The second kappa shape index (κ2) is 7.39. The van der Waals surface area contributed by atoms with E-state index in [0.717, 1.165) is 0 Å². The summed E-state index contributed by atoms with van der Waals surface area (Å²) in [6.07, 6.45) is -1.03. The molecule has 168 valence electrons. The third kappa shape index (κ3) is 3.18. The molecule has 0 bridgehead atoms. The molecule has 1 atom stereocenters. The normalized spacial score (nSPS) is 14.1. The Bertz CT molecular complexity index is 1470. The molecule has 3 heterocycles. The van der Waals surface area contributed by atoms with Crippen LogP contribution in [0.15, 0.2) is 73.2 Å². The van der Waals surface area contributed by atoms with Crippen LogP contribution in [0.2, 0.25) is 0 Å². The van der Waals surface area contributed by atoms with Crippen LogP contribution in [0.3, 0.4) is 0 Å². The van der Waals surface area contributed by atoms with Gasteiger partial charge in [0.2, 0.25) is 5.60 Å². The van der Waals surface area contributed by atoms with E-state index in [2.05, 4.69) is 10.1 Å². The van der Waals surface area contributed by atoms with E-state index in [9.17, 15) is 22.7 Å². The van der Waals surface area contributed by atoms with Crippen molar-refractivity contribution >= 4 is 21.9 Å². The molecule has 3 aromatic heterocycles. The first-order valence-corrected chi connectivity index (χ1v) is 9.92. The van der Waals surface area contributed by atoms with Gasteiger partial charge in [0, 0.05) is 28.7 Å². The highest BCUT2D eigenvalue weighted by Crippen LogP contribution is 2.47. The molecular weight excluding hydrogens is 438 g/mol. The molecular formula is C23H17F4N5O. The molecule has 33 heavy (non-hydrogen) atoms. The van der Waals surface area contributed by atoms with Gasteiger partial charge in [-0.3, -0.25) is 0 Å². The number of aliphatic hydroxyl groups is 1. The van der Waals surface area contributed by atoms with Crippen molar-refractivity contribution in [3.63, 3.8) is 0 Å². The Kier molecular flexibility index (Phi) is 4.73. The number of benzene rings is 2. The van der Waals surface area contributed by atoms with E-state index in [1.807, 2.05) is 0 Å². The topological polar surface area (TPSA) is 81.9 Å². The van der Waals surface area contributed by atoms with E-state index in [4.69, 9.17) is 5.73 Å². The van der Waals surface area contributed by atoms with Crippen LogP contribution in [-0.2, 0) is 12.3 Å². The minimum atomic E-state index is -5.04. The summed E-state index contributed by atoms with van der Waals surface area (Å²) >= 11 is 0. The van der Waals surface area contributed by atoms with E-state index in [-0.39, 0.29) is 28.8 Å². The molecule has 0 fully saturated rings. The Labute approximate surface area is 184 Å². The number of aromatic nitrogens is 4. The molecule has 0 amide bonds. The number of alkyl halides is 3. The number of nitrogens with two attached hydrogens (primary N) is 1. The molecule has 5 rings (SSSR count). The lowest BCUT2D eigenvalue weighted by molar-refractivity contribution is -0.247. The van der Waals surface area contributed by atoms with Gasteiger partial charge in [0.1, 0.15) is 11.5 Å². The van der Waals surface area contributed by atoms with Crippen molar-refractivity contribution in [3.8, 4) is 5.69 Å². The zero-order chi connectivity index (χ0) is 23.4. The summed E-state index contributed by atoms with van der Waals surface area (Å²) in [6, 6.07) is 12.4. The molecule has 3 N–H and O–H groups in total. The lowest BCUT2D eigenvalue weighted by Gasteiger charge is -2.31. The van der Waals surface area contributed by atoms with E-state index in [0.29, 0.717) is 16.6 Å². The van der Waals surface area contributed by atoms with E-state index in [1.54, 1.807) is 0 Å². The van der Waals surface area contributed by atoms with Crippen LogP contribution in [0.25, 0.3) is 27.6 Å². The van der Waals surface area contributed by atoms with Crippen molar-refractivity contribution in [3.05, 3.63) is 90.1 Å². The van der Waals surface area contributed by atoms with Crippen LogP contribution in [0.5, 0.6) is 0 Å². The highest BCUT2D eigenvalue weighted by Gasteiger charge is 2.57. The van der Waals surface area contributed by atoms with E-state index >= 15 is 0 Å². The summed E-state index contributed by atoms with van der Waals surface area (Å²) in [7, 11) is 0. The number of fused-ring (bicyclic) bond motifs is 2. The van der Waals surface area contributed by atoms with Crippen LogP contribution in [0, 0.1) is 5.82 Å². The third-order valence-electron chi connectivity index (χ3n) is 5.69. The molecule has 6 nitrogen and oxygen atoms in total. The maximum absolute atomic E-state index is 14.5. The Morgan fingerprint density at radius 1 is 1.03 bits per heavy atom. The minimum Gasteiger partial charge on any atom is -0.372 e. The average Bonchev–Trinajstić information content (AvgIpc) is 3.39. The predicted octanol–water partition coefficient (Wildman–Crippen LogP) is 4.23. The van der Waals surface area contributed by atoms with Gasteiger partial charge in [-0.2, -0.15) is 18.3 Å². The van der Waals surface area contributed by atoms with Gasteiger partial charge in [0.05, 0.1) is 24.1 Å². The SMILES string of the molecule is NCn1cc(C(O)(c2ccc3c(cnn3-c3ccc(F)cc3)c2)C(F)(F)F)c2cccnc21. The standard InChI is InChI=1S/C23H17F4N5O/c24-16-4-6-17(7-5-16)32-20-8-3-15(10-14(20)11-30-32)22(33,23(25,26)27)19-12-31(13-28)21-18(19)2-1-9-29-21/h1-12,33H,13,28H2. The zero-order valence-electron chi connectivity index (χ0n) is 17.0. The van der Waals surface area contributed by atoms with Gasteiger partial charge < -0.3 is 15.4 Å². The molecule has 0 aliphatic heterocycles. The first-order valence-electron chi connectivity index (χ1n) is 9.92. The Morgan fingerprint density at radius 3 is 2.48 bits per heavy atom. The van der Waals surface area contributed by atoms with Crippen LogP contribution in [-0.4, -0.2) is 30.6 Å². The second-order valence-corrected chi connectivity index (χ2v) is 7.58. The number of nitrogens with zero attached hydrogens (tertiary/aromatic N) is 4. The highest BCUT2D eigenvalue weighted by atomic mass is 19.4. The molecule has 0 aliphatic carbocycles. The summed E-state index contributed by atoms with van der Waals surface area (Å²) in [5.41, 5.74) is 2.91. The fourth-order valence-electron chi connectivity index (χ4n) is 4.07. The Balaban J connectivity index is 1.71. The van der Waals surface area contributed by atoms with Crippen molar-refractivity contribution in [2.75, 3.05) is 0 Å². The Hall–Kier alpha value is -3.76. The first kappa shape index (κ1) is 21.1. The minimum absolute atomic E-state index is 0.106. The summed E-state index contributed by atoms with van der Waals surface area (Å²) in [5, 5.41) is 16.0. The van der Waals surface area contributed by atoms with Crippen molar-refractivity contribution in [1.82, 2.24) is 19.3 Å². The van der Waals surface area contributed by atoms with Crippen LogP contribution in [0.4, 0.5) is 17.6 Å². The maximum atomic E-state index is 14.5. The third-order valence-corrected chi connectivity index (χ3v) is 5.69. The molecule has 0 aliphatic rings. The van der Waals surface area contributed by atoms with Crippen molar-refractivity contribution in [2.24, 2.45) is 5.73 Å². The van der Waals surface area contributed by atoms with Crippen molar-refractivity contribution < 1.29 is 22.7 Å². The smallest absolute Gasteiger partial charge is 0.372 e. The summed E-state index contributed by atoms with van der Waals surface area (Å²) in [6.45, 7) is -0.106. The molecule has 0 radical (unpaired) electrons. The highest BCUT2D eigenvalue weighted by molar-refractivity contribution is 5.84. The molecule has 10 heteroatoms. The average molecular weight is 455 g/mol. The first-order chi connectivity index (χ1) is 15.7. The van der Waals surface area contributed by atoms with Crippen molar-refractivity contribution in [2.45, 2.75) is 18.4 Å². The summed E-state index contributed by atoms with van der Waals surface area (Å²) in [4.78, 5) is 4.12. The van der Waals surface area contributed by atoms with Gasteiger partial charge in [-0.15, -0.1) is 0 Å². The van der Waals surface area contributed by atoms with Gasteiger partial charge >= 0.3 is 6.18 Å². The second-order valence-electron chi connectivity index (χ2n) is 7.58. The molecule has 0 saturated carbocycles. The zero-order valence-corrected chi connectivity index (χ0v) is 17.0.